The van der Waals surface area contributed by atoms with Crippen molar-refractivity contribution in [2.45, 2.75) is 73.0 Å². The number of piperidine rings is 1. The van der Waals surface area contributed by atoms with Gasteiger partial charge in [0, 0.05) is 30.9 Å². The van der Waals surface area contributed by atoms with Crippen molar-refractivity contribution >= 4 is 5.69 Å². The van der Waals surface area contributed by atoms with Crippen molar-refractivity contribution < 1.29 is 4.74 Å². The molecule has 0 aliphatic carbocycles. The number of nitrogens with one attached hydrogen (secondary N) is 1. The first kappa shape index (κ1) is 29.3. The molecule has 0 radical (unpaired) electrons. The summed E-state index contributed by atoms with van der Waals surface area (Å²) < 4.78 is 5.49. The quantitative estimate of drug-likeness (QED) is 0.331. The summed E-state index contributed by atoms with van der Waals surface area (Å²) in [4.78, 5) is 2.61. The average molecular weight is 463 g/mol. The highest BCUT2D eigenvalue weighted by atomic mass is 16.5. The fourth-order valence-corrected chi connectivity index (χ4v) is 4.43. The lowest BCUT2D eigenvalue weighted by molar-refractivity contribution is 0.120. The lowest BCUT2D eigenvalue weighted by Gasteiger charge is -2.47. The van der Waals surface area contributed by atoms with Gasteiger partial charge in [0.25, 0.3) is 0 Å². The van der Waals surface area contributed by atoms with Gasteiger partial charge in [-0.25, -0.2) is 0 Å². The minimum Gasteiger partial charge on any atom is -0.497 e. The third-order valence-electron chi connectivity index (χ3n) is 6.43. The molecule has 2 atom stereocenters. The van der Waals surface area contributed by atoms with Gasteiger partial charge in [-0.1, -0.05) is 68.1 Å². The van der Waals surface area contributed by atoms with Crippen molar-refractivity contribution in [3.05, 3.63) is 96.1 Å². The lowest BCUT2D eigenvalue weighted by atomic mass is 9.77. The molecule has 186 valence electrons. The standard InChI is InChI=1S/C27H36N2O.C3H6.CH4/c1-6-7-11-22(3)27(28-26-18-25(30-5)15-14-21(26)2)16-17-29(23(4)19-27)20-24-12-9-8-10-13-24;1-3-2;/h6-15,18,23,28H,16-17,19-20H2,1-5H3;3H,1H2,2H3;1H4/b7-6-,22-11+;;. The van der Waals surface area contributed by atoms with E-state index >= 15 is 0 Å². The van der Waals surface area contributed by atoms with Gasteiger partial charge in [0.15, 0.2) is 0 Å². The first-order chi connectivity index (χ1) is 15.9. The molecule has 1 aliphatic heterocycles. The molecule has 2 aromatic rings. The van der Waals surface area contributed by atoms with E-state index in [4.69, 9.17) is 4.74 Å². The molecule has 1 saturated heterocycles. The molecule has 1 aliphatic rings. The van der Waals surface area contributed by atoms with Crippen LogP contribution in [0.3, 0.4) is 0 Å². The molecule has 0 saturated carbocycles. The van der Waals surface area contributed by atoms with Crippen molar-refractivity contribution in [1.29, 1.82) is 0 Å². The van der Waals surface area contributed by atoms with Gasteiger partial charge in [-0.05, 0) is 70.2 Å². The molecule has 1 N–H and O–H groups in total. The SMILES string of the molecule is C.C/C=C\C=C(/C)C1(Nc2cc(OC)ccc2C)CCN(Cc2ccccc2)C(C)C1.C=CC. The minimum atomic E-state index is -0.0662. The summed E-state index contributed by atoms with van der Waals surface area (Å²) in [6, 6.07) is 17.6. The summed E-state index contributed by atoms with van der Waals surface area (Å²) in [5.74, 6) is 0.892. The van der Waals surface area contributed by atoms with Crippen molar-refractivity contribution in [2.24, 2.45) is 0 Å². The molecule has 0 bridgehead atoms. The zero-order valence-electron chi connectivity index (χ0n) is 21.4. The summed E-state index contributed by atoms with van der Waals surface area (Å²) in [5, 5.41) is 3.95. The van der Waals surface area contributed by atoms with E-state index in [2.05, 4.69) is 105 Å². The molecule has 1 heterocycles. The van der Waals surface area contributed by atoms with Crippen LogP contribution >= 0.6 is 0 Å². The maximum atomic E-state index is 5.49. The number of likely N-dealkylation sites (tertiary alicyclic amines) is 1. The van der Waals surface area contributed by atoms with E-state index in [0.29, 0.717) is 6.04 Å². The zero-order chi connectivity index (χ0) is 24.3. The van der Waals surface area contributed by atoms with E-state index in [9.17, 15) is 0 Å². The Balaban J connectivity index is 0.00000137. The smallest absolute Gasteiger partial charge is 0.120 e. The molecule has 3 heteroatoms. The molecule has 0 amide bonds. The maximum Gasteiger partial charge on any atom is 0.120 e. The topological polar surface area (TPSA) is 24.5 Å². The van der Waals surface area contributed by atoms with Crippen LogP contribution in [0.1, 0.15) is 59.1 Å². The van der Waals surface area contributed by atoms with Gasteiger partial charge in [-0.3, -0.25) is 4.90 Å². The maximum absolute atomic E-state index is 5.49. The van der Waals surface area contributed by atoms with E-state index in [1.165, 1.54) is 16.7 Å². The Hall–Kier alpha value is -2.78. The molecule has 0 spiro atoms. The molecule has 0 aromatic heterocycles. The molecular formula is C31H46N2O. The number of hydrogen-bond acceptors (Lipinski definition) is 3. The van der Waals surface area contributed by atoms with Crippen LogP contribution in [0.5, 0.6) is 5.75 Å². The second-order valence-electron chi connectivity index (χ2n) is 8.93. The van der Waals surface area contributed by atoms with Crippen LogP contribution in [0.4, 0.5) is 5.69 Å². The molecule has 3 rings (SSSR count). The number of hydrogen-bond donors (Lipinski definition) is 1. The van der Waals surface area contributed by atoms with Crippen LogP contribution in [-0.4, -0.2) is 30.1 Å². The van der Waals surface area contributed by atoms with Gasteiger partial charge < -0.3 is 10.1 Å². The molecular weight excluding hydrogens is 416 g/mol. The number of methoxy groups -OCH3 is 1. The fraction of sp³-hybridized carbons (Fsp3) is 0.419. The summed E-state index contributed by atoms with van der Waals surface area (Å²) in [6.45, 7) is 16.2. The molecule has 3 nitrogen and oxygen atoms in total. The molecule has 2 unspecified atom stereocenters. The highest BCUT2D eigenvalue weighted by molar-refractivity contribution is 5.58. The Labute approximate surface area is 209 Å². The van der Waals surface area contributed by atoms with Gasteiger partial charge in [-0.2, -0.15) is 0 Å². The zero-order valence-corrected chi connectivity index (χ0v) is 21.4. The Morgan fingerprint density at radius 1 is 1.21 bits per heavy atom. The Kier molecular flexibility index (Phi) is 12.5. The van der Waals surface area contributed by atoms with Crippen LogP contribution in [0.2, 0.25) is 0 Å². The summed E-state index contributed by atoms with van der Waals surface area (Å²) in [6.07, 6.45) is 10.4. The van der Waals surface area contributed by atoms with Gasteiger partial charge in [0.1, 0.15) is 5.75 Å². The predicted molar refractivity (Wildman–Crippen MR) is 151 cm³/mol. The third-order valence-corrected chi connectivity index (χ3v) is 6.43. The molecule has 34 heavy (non-hydrogen) atoms. The Bertz CT molecular complexity index is 932. The van der Waals surface area contributed by atoms with Gasteiger partial charge >= 0.3 is 0 Å². The van der Waals surface area contributed by atoms with Gasteiger partial charge in [0.2, 0.25) is 0 Å². The molecule has 2 aromatic carbocycles. The number of anilines is 1. The first-order valence-electron chi connectivity index (χ1n) is 12.0. The third kappa shape index (κ3) is 7.92. The number of rotatable bonds is 7. The van der Waals surface area contributed by atoms with Crippen LogP contribution in [0.25, 0.3) is 0 Å². The summed E-state index contributed by atoms with van der Waals surface area (Å²) in [7, 11) is 1.73. The van der Waals surface area contributed by atoms with E-state index in [1.807, 2.05) is 13.0 Å². The monoisotopic (exact) mass is 462 g/mol. The largest absolute Gasteiger partial charge is 0.497 e. The van der Waals surface area contributed by atoms with Crippen molar-refractivity contribution in [3.63, 3.8) is 0 Å². The van der Waals surface area contributed by atoms with Crippen molar-refractivity contribution in [1.82, 2.24) is 4.90 Å². The average Bonchev–Trinajstić information content (AvgIpc) is 2.82. The molecule has 1 fully saturated rings. The second kappa shape index (κ2) is 14.5. The lowest BCUT2D eigenvalue weighted by Crippen LogP contribution is -2.53. The Morgan fingerprint density at radius 2 is 1.88 bits per heavy atom. The van der Waals surface area contributed by atoms with Crippen LogP contribution in [-0.2, 0) is 6.54 Å². The van der Waals surface area contributed by atoms with E-state index in [1.54, 1.807) is 13.2 Å². The highest BCUT2D eigenvalue weighted by Crippen LogP contribution is 2.38. The number of allylic oxidation sites excluding steroid dienone is 4. The van der Waals surface area contributed by atoms with Crippen LogP contribution in [0.15, 0.2) is 85.0 Å². The fourth-order valence-electron chi connectivity index (χ4n) is 4.43. The van der Waals surface area contributed by atoms with Crippen LogP contribution < -0.4 is 10.1 Å². The number of benzene rings is 2. The van der Waals surface area contributed by atoms with Gasteiger partial charge in [0.05, 0.1) is 12.6 Å². The van der Waals surface area contributed by atoms with Crippen LogP contribution in [0, 0.1) is 6.92 Å². The van der Waals surface area contributed by atoms with E-state index < -0.39 is 0 Å². The summed E-state index contributed by atoms with van der Waals surface area (Å²) >= 11 is 0. The normalized spacial score (nSPS) is 20.6. The summed E-state index contributed by atoms with van der Waals surface area (Å²) in [5.41, 5.74) is 5.10. The number of nitrogens with zero attached hydrogens (tertiary/aromatic N) is 1. The van der Waals surface area contributed by atoms with Crippen molar-refractivity contribution in [3.8, 4) is 5.75 Å². The predicted octanol–water partition coefficient (Wildman–Crippen LogP) is 8.19. The number of ether oxygens (including phenoxy) is 1. The first-order valence-corrected chi connectivity index (χ1v) is 12.0. The second-order valence-corrected chi connectivity index (χ2v) is 8.93. The minimum absolute atomic E-state index is 0. The van der Waals surface area contributed by atoms with Crippen molar-refractivity contribution in [2.75, 3.05) is 19.0 Å². The van der Waals surface area contributed by atoms with E-state index in [-0.39, 0.29) is 13.0 Å². The number of aryl methyl sites for hydroxylation is 1. The van der Waals surface area contributed by atoms with E-state index in [0.717, 1.165) is 37.4 Å². The Morgan fingerprint density at radius 3 is 2.47 bits per heavy atom. The van der Waals surface area contributed by atoms with Gasteiger partial charge in [-0.15, -0.1) is 6.58 Å². The highest BCUT2D eigenvalue weighted by Gasteiger charge is 2.39.